The fraction of sp³-hybridized carbons (Fsp3) is 0.0435. The van der Waals surface area contributed by atoms with E-state index in [4.69, 9.17) is 23.2 Å². The average molecular weight is 441 g/mol. The van der Waals surface area contributed by atoms with Crippen molar-refractivity contribution in [2.45, 2.75) is 6.92 Å². The highest BCUT2D eigenvalue weighted by Gasteiger charge is 2.40. The number of imide groups is 1. The maximum Gasteiger partial charge on any atom is 0.282 e. The minimum absolute atomic E-state index is 0.0805. The second kappa shape index (κ2) is 7.94. The Hall–Kier alpha value is -3.15. The van der Waals surface area contributed by atoms with Gasteiger partial charge in [0.25, 0.3) is 11.8 Å². The molecule has 4 nitrogen and oxygen atoms in total. The van der Waals surface area contributed by atoms with Crippen LogP contribution in [0.15, 0.2) is 72.4 Å². The highest BCUT2D eigenvalue weighted by molar-refractivity contribution is 6.46. The number of anilines is 2. The molecule has 30 heavy (non-hydrogen) atoms. The Labute approximate surface area is 182 Å². The third-order valence-electron chi connectivity index (χ3n) is 4.81. The van der Waals surface area contributed by atoms with Crippen molar-refractivity contribution in [3.8, 4) is 0 Å². The second-order valence-corrected chi connectivity index (χ2v) is 7.56. The summed E-state index contributed by atoms with van der Waals surface area (Å²) in [6, 6.07) is 17.2. The number of hydrogen-bond donors (Lipinski definition) is 1. The SMILES string of the molecule is Cc1c(Cl)cccc1NC1=C(c2ccc(Cl)cc2)C(=O)N(c2cccc(F)c2)C1=O. The van der Waals surface area contributed by atoms with Gasteiger partial charge in [-0.2, -0.15) is 0 Å². The van der Waals surface area contributed by atoms with Crippen molar-refractivity contribution in [2.75, 3.05) is 10.2 Å². The van der Waals surface area contributed by atoms with Crippen LogP contribution in [0.1, 0.15) is 11.1 Å². The minimum Gasteiger partial charge on any atom is -0.350 e. The Morgan fingerprint density at radius 2 is 1.60 bits per heavy atom. The summed E-state index contributed by atoms with van der Waals surface area (Å²) < 4.78 is 13.8. The number of nitrogens with one attached hydrogen (secondary N) is 1. The number of nitrogens with zero attached hydrogens (tertiary/aromatic N) is 1. The quantitative estimate of drug-likeness (QED) is 0.518. The van der Waals surface area contributed by atoms with Crippen LogP contribution in [0.5, 0.6) is 0 Å². The Balaban J connectivity index is 1.86. The van der Waals surface area contributed by atoms with Gasteiger partial charge in [-0.15, -0.1) is 0 Å². The number of carbonyl (C=O) groups is 2. The van der Waals surface area contributed by atoms with Gasteiger partial charge < -0.3 is 5.32 Å². The molecule has 0 atom stereocenters. The zero-order valence-corrected chi connectivity index (χ0v) is 17.3. The van der Waals surface area contributed by atoms with Crippen molar-refractivity contribution in [1.82, 2.24) is 0 Å². The first kappa shape index (κ1) is 20.1. The van der Waals surface area contributed by atoms with E-state index in [1.54, 1.807) is 49.4 Å². The summed E-state index contributed by atoms with van der Waals surface area (Å²) in [6.07, 6.45) is 0. The average Bonchev–Trinajstić information content (AvgIpc) is 2.96. The van der Waals surface area contributed by atoms with Gasteiger partial charge in [0.05, 0.1) is 11.3 Å². The molecule has 0 unspecified atom stereocenters. The van der Waals surface area contributed by atoms with Crippen LogP contribution in [0.3, 0.4) is 0 Å². The molecule has 3 aromatic carbocycles. The Bertz CT molecular complexity index is 1210. The smallest absolute Gasteiger partial charge is 0.282 e. The van der Waals surface area contributed by atoms with Crippen LogP contribution in [-0.2, 0) is 9.59 Å². The largest absolute Gasteiger partial charge is 0.350 e. The molecule has 3 aromatic rings. The molecule has 1 N–H and O–H groups in total. The van der Waals surface area contributed by atoms with E-state index in [9.17, 15) is 14.0 Å². The summed E-state index contributed by atoms with van der Waals surface area (Å²) in [5, 5.41) is 4.08. The molecule has 0 radical (unpaired) electrons. The summed E-state index contributed by atoms with van der Waals surface area (Å²) in [7, 11) is 0. The number of halogens is 3. The van der Waals surface area contributed by atoms with Crippen molar-refractivity contribution in [1.29, 1.82) is 0 Å². The molecule has 2 amide bonds. The Morgan fingerprint density at radius 3 is 2.30 bits per heavy atom. The van der Waals surface area contributed by atoms with Gasteiger partial charge in [0, 0.05) is 15.7 Å². The van der Waals surface area contributed by atoms with Gasteiger partial charge in [0.2, 0.25) is 0 Å². The van der Waals surface area contributed by atoms with Crippen LogP contribution in [0.2, 0.25) is 10.0 Å². The molecule has 0 aromatic heterocycles. The summed E-state index contributed by atoms with van der Waals surface area (Å²) in [6.45, 7) is 1.80. The fourth-order valence-corrected chi connectivity index (χ4v) is 3.56. The van der Waals surface area contributed by atoms with Gasteiger partial charge in [-0.25, -0.2) is 9.29 Å². The van der Waals surface area contributed by atoms with E-state index >= 15 is 0 Å². The molecule has 0 saturated carbocycles. The lowest BCUT2D eigenvalue weighted by atomic mass is 10.0. The molecule has 150 valence electrons. The van der Waals surface area contributed by atoms with Gasteiger partial charge in [0.1, 0.15) is 11.5 Å². The molecule has 0 fully saturated rings. The summed E-state index contributed by atoms with van der Waals surface area (Å²) in [5.41, 5.74) is 2.23. The lowest BCUT2D eigenvalue weighted by molar-refractivity contribution is -0.120. The molecule has 0 spiro atoms. The van der Waals surface area contributed by atoms with Crippen LogP contribution in [0.4, 0.5) is 15.8 Å². The van der Waals surface area contributed by atoms with Gasteiger partial charge in [-0.1, -0.05) is 47.5 Å². The van der Waals surface area contributed by atoms with Crippen molar-refractivity contribution in [2.24, 2.45) is 0 Å². The third-order valence-corrected chi connectivity index (χ3v) is 5.47. The van der Waals surface area contributed by atoms with Crippen LogP contribution >= 0.6 is 23.2 Å². The molecule has 0 bridgehead atoms. The first-order valence-corrected chi connectivity index (χ1v) is 9.79. The van der Waals surface area contributed by atoms with Gasteiger partial charge in [0.15, 0.2) is 0 Å². The molecule has 7 heteroatoms. The van der Waals surface area contributed by atoms with E-state index < -0.39 is 17.6 Å². The van der Waals surface area contributed by atoms with Crippen molar-refractivity contribution in [3.63, 3.8) is 0 Å². The monoisotopic (exact) mass is 440 g/mol. The Morgan fingerprint density at radius 1 is 0.900 bits per heavy atom. The van der Waals surface area contributed by atoms with E-state index in [1.165, 1.54) is 18.2 Å². The van der Waals surface area contributed by atoms with Crippen LogP contribution in [-0.4, -0.2) is 11.8 Å². The van der Waals surface area contributed by atoms with Crippen molar-refractivity contribution < 1.29 is 14.0 Å². The second-order valence-electron chi connectivity index (χ2n) is 6.72. The number of benzene rings is 3. The lowest BCUT2D eigenvalue weighted by Crippen LogP contribution is -2.32. The van der Waals surface area contributed by atoms with Gasteiger partial charge in [-0.05, 0) is 60.5 Å². The van der Waals surface area contributed by atoms with Crippen molar-refractivity contribution in [3.05, 3.63) is 99.4 Å². The van der Waals surface area contributed by atoms with E-state index in [-0.39, 0.29) is 17.0 Å². The van der Waals surface area contributed by atoms with Crippen molar-refractivity contribution >= 4 is 52.0 Å². The highest BCUT2D eigenvalue weighted by Crippen LogP contribution is 2.35. The van der Waals surface area contributed by atoms with Gasteiger partial charge >= 0.3 is 0 Å². The van der Waals surface area contributed by atoms with E-state index in [1.807, 2.05) is 0 Å². The van der Waals surface area contributed by atoms with Gasteiger partial charge in [-0.3, -0.25) is 9.59 Å². The minimum atomic E-state index is -0.588. The predicted octanol–water partition coefficient (Wildman–Crippen LogP) is 5.84. The standard InChI is InChI=1S/C23H15Cl2FN2O2/c1-13-18(25)6-3-7-19(13)27-21-20(14-8-10-15(24)11-9-14)22(29)28(23(21)30)17-5-2-4-16(26)12-17/h2-12,27H,1H3. The molecular formula is C23H15Cl2FN2O2. The van der Waals surface area contributed by atoms with E-state index in [2.05, 4.69) is 5.32 Å². The first-order chi connectivity index (χ1) is 14.4. The maximum absolute atomic E-state index is 13.8. The molecule has 1 aliphatic heterocycles. The normalized spacial score (nSPS) is 13.9. The predicted molar refractivity (Wildman–Crippen MR) is 117 cm³/mol. The van der Waals surface area contributed by atoms with E-state index in [0.29, 0.717) is 21.3 Å². The van der Waals surface area contributed by atoms with E-state index in [0.717, 1.165) is 16.5 Å². The zero-order chi connectivity index (χ0) is 21.4. The summed E-state index contributed by atoms with van der Waals surface area (Å²) >= 11 is 12.2. The molecule has 4 rings (SSSR count). The number of carbonyl (C=O) groups excluding carboxylic acids is 2. The topological polar surface area (TPSA) is 49.4 Å². The molecule has 0 saturated heterocycles. The molecule has 1 heterocycles. The van der Waals surface area contributed by atoms with Crippen LogP contribution in [0.25, 0.3) is 5.57 Å². The number of hydrogen-bond acceptors (Lipinski definition) is 3. The molecule has 1 aliphatic rings. The molecule has 0 aliphatic carbocycles. The van der Waals surface area contributed by atoms with Crippen LogP contribution < -0.4 is 10.2 Å². The number of rotatable bonds is 4. The zero-order valence-electron chi connectivity index (χ0n) is 15.7. The first-order valence-electron chi connectivity index (χ1n) is 9.03. The maximum atomic E-state index is 13.8. The molecular weight excluding hydrogens is 426 g/mol. The lowest BCUT2D eigenvalue weighted by Gasteiger charge is -2.16. The fourth-order valence-electron chi connectivity index (χ4n) is 3.26. The highest BCUT2D eigenvalue weighted by atomic mass is 35.5. The summed E-state index contributed by atoms with van der Waals surface area (Å²) in [5.74, 6) is -1.70. The third kappa shape index (κ3) is 3.58. The summed E-state index contributed by atoms with van der Waals surface area (Å²) in [4.78, 5) is 27.5. The Kier molecular flexibility index (Phi) is 5.33. The number of amides is 2. The van der Waals surface area contributed by atoms with Crippen LogP contribution in [0, 0.1) is 12.7 Å².